The van der Waals surface area contributed by atoms with Gasteiger partial charge >= 0.3 is 0 Å². The average Bonchev–Trinajstić information content (AvgIpc) is 3.32. The molecule has 0 spiro atoms. The maximum absolute atomic E-state index is 14.9. The SMILES string of the molecule is CCC(=O)N(c1ccccc1F)C1(c2nnc(CC)o2)CCN(Cc2ccccc2)CC1. The fraction of sp³-hybridized carbons (Fsp3) is 0.400. The highest BCUT2D eigenvalue weighted by atomic mass is 19.1. The van der Waals surface area contributed by atoms with Crippen LogP contribution in [0.3, 0.4) is 0 Å². The Bertz CT molecular complexity index is 1040. The third-order valence-electron chi connectivity index (χ3n) is 6.17. The number of nitrogens with zero attached hydrogens (tertiary/aromatic N) is 4. The Kier molecular flexibility index (Phi) is 6.65. The lowest BCUT2D eigenvalue weighted by Crippen LogP contribution is -2.56. The van der Waals surface area contributed by atoms with Gasteiger partial charge in [0.15, 0.2) is 0 Å². The van der Waals surface area contributed by atoms with Crippen LogP contribution < -0.4 is 4.90 Å². The Morgan fingerprint density at radius 3 is 2.38 bits per heavy atom. The number of hydrogen-bond acceptors (Lipinski definition) is 5. The number of aromatic nitrogens is 2. The highest BCUT2D eigenvalue weighted by Crippen LogP contribution is 2.42. The molecule has 0 saturated carbocycles. The molecule has 1 aliphatic rings. The first-order chi connectivity index (χ1) is 15.6. The van der Waals surface area contributed by atoms with Crippen LogP contribution in [0.25, 0.3) is 0 Å². The number of likely N-dealkylation sites (tertiary alicyclic amines) is 1. The van der Waals surface area contributed by atoms with Crippen molar-refractivity contribution >= 4 is 11.6 Å². The van der Waals surface area contributed by atoms with Crippen molar-refractivity contribution in [3.05, 3.63) is 77.8 Å². The number of piperidine rings is 1. The summed E-state index contributed by atoms with van der Waals surface area (Å²) in [4.78, 5) is 17.2. The zero-order chi connectivity index (χ0) is 22.6. The molecule has 1 amide bonds. The minimum atomic E-state index is -0.886. The molecule has 4 rings (SSSR count). The normalized spacial score (nSPS) is 16.1. The summed E-state index contributed by atoms with van der Waals surface area (Å²) in [5.41, 5.74) is 0.608. The topological polar surface area (TPSA) is 62.5 Å². The molecule has 3 aromatic rings. The number of rotatable bonds is 7. The molecule has 0 bridgehead atoms. The molecule has 1 saturated heterocycles. The van der Waals surface area contributed by atoms with Gasteiger partial charge < -0.3 is 4.42 Å². The van der Waals surface area contributed by atoms with Gasteiger partial charge in [0.1, 0.15) is 11.4 Å². The number of carbonyl (C=O) groups excluding carboxylic acids is 1. The number of halogens is 1. The standard InChI is InChI=1S/C25H29FN4O2/c1-3-22-27-28-24(32-22)25(30(23(31)4-2)21-13-9-8-12-20(21)26)14-16-29(17-15-25)18-19-10-6-5-7-11-19/h5-13H,3-4,14-18H2,1-2H3. The van der Waals surface area contributed by atoms with Crippen LogP contribution in [0.15, 0.2) is 59.0 Å². The summed E-state index contributed by atoms with van der Waals surface area (Å²) in [7, 11) is 0. The molecule has 0 N–H and O–H groups in total. The van der Waals surface area contributed by atoms with Crippen molar-refractivity contribution in [2.45, 2.75) is 51.6 Å². The highest BCUT2D eigenvalue weighted by molar-refractivity contribution is 5.94. The third-order valence-corrected chi connectivity index (χ3v) is 6.17. The maximum Gasteiger partial charge on any atom is 0.242 e. The minimum absolute atomic E-state index is 0.164. The average molecular weight is 437 g/mol. The molecule has 2 heterocycles. The van der Waals surface area contributed by atoms with Gasteiger partial charge in [0.2, 0.25) is 17.7 Å². The Morgan fingerprint density at radius 1 is 1.06 bits per heavy atom. The van der Waals surface area contributed by atoms with E-state index >= 15 is 0 Å². The van der Waals surface area contributed by atoms with E-state index < -0.39 is 11.4 Å². The molecule has 0 atom stereocenters. The highest BCUT2D eigenvalue weighted by Gasteiger charge is 2.49. The Hall–Kier alpha value is -3.06. The van der Waals surface area contributed by atoms with Crippen LogP contribution in [0, 0.1) is 5.82 Å². The summed E-state index contributed by atoms with van der Waals surface area (Å²) in [6, 6.07) is 16.7. The second-order valence-corrected chi connectivity index (χ2v) is 8.18. The van der Waals surface area contributed by atoms with Gasteiger partial charge in [-0.15, -0.1) is 10.2 Å². The predicted octanol–water partition coefficient (Wildman–Crippen LogP) is 4.71. The molecular weight excluding hydrogens is 407 g/mol. The second-order valence-electron chi connectivity index (χ2n) is 8.18. The summed E-state index contributed by atoms with van der Waals surface area (Å²) >= 11 is 0. The van der Waals surface area contributed by atoms with Crippen molar-refractivity contribution in [2.24, 2.45) is 0 Å². The first-order valence-electron chi connectivity index (χ1n) is 11.2. The van der Waals surface area contributed by atoms with Crippen molar-refractivity contribution in [3.63, 3.8) is 0 Å². The van der Waals surface area contributed by atoms with Gasteiger partial charge in [-0.3, -0.25) is 14.6 Å². The Morgan fingerprint density at radius 2 is 1.75 bits per heavy atom. The molecule has 7 heteroatoms. The zero-order valence-electron chi connectivity index (χ0n) is 18.6. The number of hydrogen-bond donors (Lipinski definition) is 0. The molecule has 1 aliphatic heterocycles. The predicted molar refractivity (Wildman–Crippen MR) is 120 cm³/mol. The number of amides is 1. The van der Waals surface area contributed by atoms with E-state index in [1.807, 2.05) is 25.1 Å². The molecule has 0 radical (unpaired) electrons. The monoisotopic (exact) mass is 436 g/mol. The summed E-state index contributed by atoms with van der Waals surface area (Å²) < 4.78 is 21.0. The summed E-state index contributed by atoms with van der Waals surface area (Å²) in [6.07, 6.45) is 2.00. The maximum atomic E-state index is 14.9. The number of aryl methyl sites for hydroxylation is 1. The summed E-state index contributed by atoms with van der Waals surface area (Å²) in [5, 5.41) is 8.50. The number of anilines is 1. The first kappa shape index (κ1) is 22.1. The number of benzene rings is 2. The minimum Gasteiger partial charge on any atom is -0.423 e. The fourth-order valence-corrected chi connectivity index (χ4v) is 4.44. The zero-order valence-corrected chi connectivity index (χ0v) is 18.6. The molecule has 0 aliphatic carbocycles. The molecule has 2 aromatic carbocycles. The number of para-hydroxylation sites is 1. The quantitative estimate of drug-likeness (QED) is 0.537. The van der Waals surface area contributed by atoms with Gasteiger partial charge in [0, 0.05) is 32.5 Å². The van der Waals surface area contributed by atoms with Crippen molar-refractivity contribution < 1.29 is 13.6 Å². The van der Waals surface area contributed by atoms with Crippen LogP contribution in [-0.2, 0) is 23.3 Å². The van der Waals surface area contributed by atoms with E-state index in [9.17, 15) is 9.18 Å². The molecule has 1 fully saturated rings. The van der Waals surface area contributed by atoms with Crippen LogP contribution in [0.4, 0.5) is 10.1 Å². The van der Waals surface area contributed by atoms with Crippen LogP contribution >= 0.6 is 0 Å². The van der Waals surface area contributed by atoms with Gasteiger partial charge in [-0.25, -0.2) is 4.39 Å². The lowest BCUT2D eigenvalue weighted by molar-refractivity contribution is -0.120. The van der Waals surface area contributed by atoms with Crippen molar-refractivity contribution in [1.29, 1.82) is 0 Å². The van der Waals surface area contributed by atoms with E-state index in [4.69, 9.17) is 4.42 Å². The van der Waals surface area contributed by atoms with Crippen LogP contribution in [0.5, 0.6) is 0 Å². The molecule has 6 nitrogen and oxygen atoms in total. The van der Waals surface area contributed by atoms with E-state index in [0.29, 0.717) is 31.0 Å². The van der Waals surface area contributed by atoms with Crippen LogP contribution in [0.1, 0.15) is 50.5 Å². The van der Waals surface area contributed by atoms with Crippen molar-refractivity contribution in [3.8, 4) is 0 Å². The van der Waals surface area contributed by atoms with Gasteiger partial charge in [0.25, 0.3) is 0 Å². The Labute approximate surface area is 188 Å². The van der Waals surface area contributed by atoms with Crippen molar-refractivity contribution in [1.82, 2.24) is 15.1 Å². The first-order valence-corrected chi connectivity index (χ1v) is 11.2. The van der Waals surface area contributed by atoms with E-state index in [1.54, 1.807) is 30.0 Å². The lowest BCUT2D eigenvalue weighted by Gasteiger charge is -2.46. The Balaban J connectivity index is 1.71. The van der Waals surface area contributed by atoms with E-state index in [1.165, 1.54) is 11.6 Å². The van der Waals surface area contributed by atoms with Crippen LogP contribution in [0.2, 0.25) is 0 Å². The lowest BCUT2D eigenvalue weighted by atomic mass is 9.84. The molecule has 168 valence electrons. The van der Waals surface area contributed by atoms with E-state index in [-0.39, 0.29) is 18.0 Å². The second kappa shape index (κ2) is 9.61. The van der Waals surface area contributed by atoms with Crippen molar-refractivity contribution in [2.75, 3.05) is 18.0 Å². The molecule has 0 unspecified atom stereocenters. The fourth-order valence-electron chi connectivity index (χ4n) is 4.44. The van der Waals surface area contributed by atoms with Gasteiger partial charge in [-0.05, 0) is 30.5 Å². The van der Waals surface area contributed by atoms with Crippen LogP contribution in [-0.4, -0.2) is 34.1 Å². The molecule has 32 heavy (non-hydrogen) atoms. The smallest absolute Gasteiger partial charge is 0.242 e. The van der Waals surface area contributed by atoms with Gasteiger partial charge in [-0.2, -0.15) is 0 Å². The van der Waals surface area contributed by atoms with Gasteiger partial charge in [0.05, 0.1) is 5.69 Å². The number of carbonyl (C=O) groups is 1. The van der Waals surface area contributed by atoms with E-state index in [0.717, 1.165) is 19.6 Å². The summed E-state index contributed by atoms with van der Waals surface area (Å²) in [5.74, 6) is 0.306. The van der Waals surface area contributed by atoms with Gasteiger partial charge in [-0.1, -0.05) is 56.3 Å². The summed E-state index contributed by atoms with van der Waals surface area (Å²) in [6.45, 7) is 6.00. The molecular formula is C25H29FN4O2. The largest absolute Gasteiger partial charge is 0.423 e. The third kappa shape index (κ3) is 4.30. The van der Waals surface area contributed by atoms with E-state index in [2.05, 4.69) is 27.2 Å². The molecule has 1 aromatic heterocycles.